The van der Waals surface area contributed by atoms with Gasteiger partial charge in [0.25, 0.3) is 5.91 Å². The first-order valence-corrected chi connectivity index (χ1v) is 5.16. The predicted octanol–water partition coefficient (Wildman–Crippen LogP) is 1.86. The van der Waals surface area contributed by atoms with Crippen LogP contribution in [0.1, 0.15) is 18.1 Å². The zero-order valence-electron chi connectivity index (χ0n) is 10.1. The van der Waals surface area contributed by atoms with E-state index in [9.17, 15) is 4.79 Å². The van der Waals surface area contributed by atoms with E-state index in [4.69, 9.17) is 10.5 Å². The minimum absolute atomic E-state index is 0.158. The number of aryl methyl sites for hydroxylation is 2. The molecule has 0 aliphatic carbocycles. The van der Waals surface area contributed by atoms with Crippen LogP contribution < -0.4 is 11.1 Å². The van der Waals surface area contributed by atoms with Crippen LogP contribution >= 0.6 is 0 Å². The van der Waals surface area contributed by atoms with Gasteiger partial charge in [-0.05, 0) is 44.0 Å². The van der Waals surface area contributed by atoms with Crippen molar-refractivity contribution in [2.75, 3.05) is 18.2 Å². The third-order valence-corrected chi connectivity index (χ3v) is 2.59. The molecule has 0 bridgehead atoms. The summed E-state index contributed by atoms with van der Waals surface area (Å²) in [5.41, 5.74) is 9.17. The number of nitrogens with one attached hydrogen (secondary N) is 1. The molecule has 0 saturated heterocycles. The Morgan fingerprint density at radius 3 is 2.56 bits per heavy atom. The second-order valence-corrected chi connectivity index (χ2v) is 3.89. The molecule has 16 heavy (non-hydrogen) atoms. The Morgan fingerprint density at radius 2 is 2.00 bits per heavy atom. The van der Waals surface area contributed by atoms with Crippen LogP contribution in [-0.4, -0.2) is 19.1 Å². The lowest BCUT2D eigenvalue weighted by Crippen LogP contribution is -2.26. The van der Waals surface area contributed by atoms with Gasteiger partial charge in [0.05, 0.1) is 0 Å². The summed E-state index contributed by atoms with van der Waals surface area (Å²) in [5, 5.41) is 2.81. The minimum Gasteiger partial charge on any atom is -0.399 e. The molecule has 0 aromatic heterocycles. The SMILES string of the molecule is COC(C)C(=O)Nc1cc(C)c(N)cc1C. The molecule has 1 rings (SSSR count). The van der Waals surface area contributed by atoms with Crippen molar-refractivity contribution in [3.05, 3.63) is 23.3 Å². The molecule has 0 aliphatic rings. The molecule has 1 unspecified atom stereocenters. The van der Waals surface area contributed by atoms with Crippen LogP contribution in [0.3, 0.4) is 0 Å². The van der Waals surface area contributed by atoms with Gasteiger partial charge in [-0.1, -0.05) is 0 Å². The maximum atomic E-state index is 11.6. The van der Waals surface area contributed by atoms with Gasteiger partial charge in [-0.15, -0.1) is 0 Å². The number of methoxy groups -OCH3 is 1. The van der Waals surface area contributed by atoms with E-state index < -0.39 is 6.10 Å². The van der Waals surface area contributed by atoms with E-state index in [2.05, 4.69) is 5.32 Å². The molecule has 0 radical (unpaired) electrons. The smallest absolute Gasteiger partial charge is 0.253 e. The fourth-order valence-electron chi connectivity index (χ4n) is 1.31. The molecule has 0 aliphatic heterocycles. The minimum atomic E-state index is -0.461. The first-order valence-electron chi connectivity index (χ1n) is 5.16. The number of nitrogen functional groups attached to an aromatic ring is 1. The lowest BCUT2D eigenvalue weighted by Gasteiger charge is -2.14. The van der Waals surface area contributed by atoms with Crippen LogP contribution in [0.4, 0.5) is 11.4 Å². The molecule has 4 heteroatoms. The second kappa shape index (κ2) is 4.99. The lowest BCUT2D eigenvalue weighted by molar-refractivity contribution is -0.124. The van der Waals surface area contributed by atoms with Crippen LogP contribution in [0.25, 0.3) is 0 Å². The molecule has 1 aromatic rings. The number of carbonyl (C=O) groups excluding carboxylic acids is 1. The topological polar surface area (TPSA) is 64.3 Å². The van der Waals surface area contributed by atoms with Gasteiger partial charge >= 0.3 is 0 Å². The molecular weight excluding hydrogens is 204 g/mol. The standard InChI is InChI=1S/C12H18N2O2/c1-7-6-11(8(2)5-10(7)13)14-12(15)9(3)16-4/h5-6,9H,13H2,1-4H3,(H,14,15). The fraction of sp³-hybridized carbons (Fsp3) is 0.417. The first-order chi connectivity index (χ1) is 7.45. The predicted molar refractivity (Wildman–Crippen MR) is 65.4 cm³/mol. The Hall–Kier alpha value is -1.55. The quantitative estimate of drug-likeness (QED) is 0.767. The van der Waals surface area contributed by atoms with Gasteiger partial charge in [-0.2, -0.15) is 0 Å². The van der Waals surface area contributed by atoms with Gasteiger partial charge in [0, 0.05) is 18.5 Å². The van der Waals surface area contributed by atoms with Crippen molar-refractivity contribution in [1.82, 2.24) is 0 Å². The second-order valence-electron chi connectivity index (χ2n) is 3.89. The maximum absolute atomic E-state index is 11.6. The summed E-state index contributed by atoms with van der Waals surface area (Å²) in [6.07, 6.45) is -0.461. The molecule has 0 saturated carbocycles. The van der Waals surface area contributed by atoms with E-state index in [0.29, 0.717) is 0 Å². The molecule has 0 fully saturated rings. The average Bonchev–Trinajstić information content (AvgIpc) is 2.24. The van der Waals surface area contributed by atoms with E-state index in [-0.39, 0.29) is 5.91 Å². The van der Waals surface area contributed by atoms with E-state index in [1.54, 1.807) is 6.92 Å². The summed E-state index contributed by atoms with van der Waals surface area (Å²) in [6, 6.07) is 3.72. The van der Waals surface area contributed by atoms with E-state index in [1.807, 2.05) is 26.0 Å². The number of amides is 1. The largest absolute Gasteiger partial charge is 0.399 e. The number of nitrogens with two attached hydrogens (primary N) is 1. The number of anilines is 2. The van der Waals surface area contributed by atoms with E-state index in [1.165, 1.54) is 7.11 Å². The summed E-state index contributed by atoms with van der Waals surface area (Å²) in [5.74, 6) is -0.158. The molecule has 1 atom stereocenters. The highest BCUT2D eigenvalue weighted by atomic mass is 16.5. The van der Waals surface area contributed by atoms with Crippen molar-refractivity contribution in [3.8, 4) is 0 Å². The highest BCUT2D eigenvalue weighted by Gasteiger charge is 2.13. The molecule has 3 N–H and O–H groups in total. The Bertz CT molecular complexity index is 402. The van der Waals surface area contributed by atoms with Crippen LogP contribution in [0.2, 0.25) is 0 Å². The average molecular weight is 222 g/mol. The summed E-state index contributed by atoms with van der Waals surface area (Å²) in [4.78, 5) is 11.6. The Morgan fingerprint density at radius 1 is 1.38 bits per heavy atom. The van der Waals surface area contributed by atoms with E-state index in [0.717, 1.165) is 22.5 Å². The van der Waals surface area contributed by atoms with Crippen LogP contribution in [0.15, 0.2) is 12.1 Å². The number of carbonyl (C=O) groups is 1. The molecule has 0 heterocycles. The highest BCUT2D eigenvalue weighted by molar-refractivity contribution is 5.94. The molecule has 4 nitrogen and oxygen atoms in total. The fourth-order valence-corrected chi connectivity index (χ4v) is 1.31. The normalized spacial score (nSPS) is 12.2. The van der Waals surface area contributed by atoms with Gasteiger partial charge in [0.15, 0.2) is 0 Å². The zero-order valence-corrected chi connectivity index (χ0v) is 10.1. The van der Waals surface area contributed by atoms with Crippen LogP contribution in [0.5, 0.6) is 0 Å². The lowest BCUT2D eigenvalue weighted by atomic mass is 10.1. The van der Waals surface area contributed by atoms with Gasteiger partial charge in [0.2, 0.25) is 0 Å². The van der Waals surface area contributed by atoms with Crippen molar-refractivity contribution in [2.45, 2.75) is 26.9 Å². The summed E-state index contributed by atoms with van der Waals surface area (Å²) in [6.45, 7) is 5.52. The van der Waals surface area contributed by atoms with Gasteiger partial charge < -0.3 is 15.8 Å². The molecular formula is C12H18N2O2. The number of hydrogen-bond donors (Lipinski definition) is 2. The van der Waals surface area contributed by atoms with Gasteiger partial charge in [-0.25, -0.2) is 0 Å². The maximum Gasteiger partial charge on any atom is 0.253 e. The zero-order chi connectivity index (χ0) is 12.3. The van der Waals surface area contributed by atoms with Crippen molar-refractivity contribution in [3.63, 3.8) is 0 Å². The molecule has 0 spiro atoms. The number of rotatable bonds is 3. The number of benzene rings is 1. The number of ether oxygens (including phenoxy) is 1. The van der Waals surface area contributed by atoms with Crippen LogP contribution in [0, 0.1) is 13.8 Å². The molecule has 1 amide bonds. The first kappa shape index (κ1) is 12.5. The Kier molecular flexibility index (Phi) is 3.90. The van der Waals surface area contributed by atoms with Crippen molar-refractivity contribution < 1.29 is 9.53 Å². The highest BCUT2D eigenvalue weighted by Crippen LogP contribution is 2.22. The summed E-state index contributed by atoms with van der Waals surface area (Å²) >= 11 is 0. The van der Waals surface area contributed by atoms with E-state index >= 15 is 0 Å². The number of hydrogen-bond acceptors (Lipinski definition) is 3. The van der Waals surface area contributed by atoms with Crippen molar-refractivity contribution in [2.24, 2.45) is 0 Å². The third kappa shape index (κ3) is 2.73. The van der Waals surface area contributed by atoms with Gasteiger partial charge in [0.1, 0.15) is 6.10 Å². The van der Waals surface area contributed by atoms with Gasteiger partial charge in [-0.3, -0.25) is 4.79 Å². The van der Waals surface area contributed by atoms with Crippen LogP contribution in [-0.2, 0) is 9.53 Å². The summed E-state index contributed by atoms with van der Waals surface area (Å²) < 4.78 is 4.94. The Balaban J connectivity index is 2.90. The third-order valence-electron chi connectivity index (χ3n) is 2.59. The molecule has 88 valence electrons. The molecule has 1 aromatic carbocycles. The van der Waals surface area contributed by atoms with Crippen molar-refractivity contribution >= 4 is 17.3 Å². The summed E-state index contributed by atoms with van der Waals surface area (Å²) in [7, 11) is 1.51. The Labute approximate surface area is 95.8 Å². The monoisotopic (exact) mass is 222 g/mol. The van der Waals surface area contributed by atoms with Crippen molar-refractivity contribution in [1.29, 1.82) is 0 Å².